The van der Waals surface area contributed by atoms with Gasteiger partial charge in [0.15, 0.2) is 0 Å². The first-order chi connectivity index (χ1) is 8.13. The van der Waals surface area contributed by atoms with Crippen molar-refractivity contribution in [3.8, 4) is 6.07 Å². The van der Waals surface area contributed by atoms with E-state index in [1.807, 2.05) is 24.3 Å². The smallest absolute Gasteiger partial charge is 0.102 e. The first kappa shape index (κ1) is 11.6. The molecule has 0 saturated carbocycles. The molecule has 0 aliphatic heterocycles. The van der Waals surface area contributed by atoms with Gasteiger partial charge in [0, 0.05) is 11.0 Å². The van der Waals surface area contributed by atoms with Gasteiger partial charge in [-0.2, -0.15) is 0 Å². The van der Waals surface area contributed by atoms with Gasteiger partial charge in [-0.05, 0) is 29.4 Å². The molecule has 0 heterocycles. The van der Waals surface area contributed by atoms with Crippen molar-refractivity contribution in [1.29, 1.82) is 5.26 Å². The molecule has 0 amide bonds. The van der Waals surface area contributed by atoms with Crippen LogP contribution in [0.25, 0.3) is 15.5 Å². The molecule has 4 nitrogen and oxygen atoms in total. The van der Waals surface area contributed by atoms with Crippen LogP contribution in [0.4, 0.5) is 0 Å². The zero-order valence-corrected chi connectivity index (χ0v) is 9.68. The van der Waals surface area contributed by atoms with Crippen LogP contribution in [0, 0.1) is 11.3 Å². The average molecular weight is 245 g/mol. The Morgan fingerprint density at radius 1 is 1.12 bits per heavy atom. The van der Waals surface area contributed by atoms with Crippen molar-refractivity contribution in [2.24, 2.45) is 0 Å². The van der Waals surface area contributed by atoms with Gasteiger partial charge in [0.2, 0.25) is 0 Å². The lowest BCUT2D eigenvalue weighted by atomic mass is 10.1. The van der Waals surface area contributed by atoms with Crippen molar-refractivity contribution in [2.45, 2.75) is 4.90 Å². The van der Waals surface area contributed by atoms with Crippen LogP contribution >= 0.6 is 0 Å². The SMILES string of the molecule is N#CC[N-]S(=O)(=O)c1ccc2ccccc2c1. The second-order valence-electron chi connectivity index (χ2n) is 3.43. The quantitative estimate of drug-likeness (QED) is 0.779. The molecule has 2 rings (SSSR count). The third kappa shape index (κ3) is 2.44. The minimum Gasteiger partial charge on any atom is -0.533 e. The van der Waals surface area contributed by atoms with Gasteiger partial charge in [-0.1, -0.05) is 30.3 Å². The summed E-state index contributed by atoms with van der Waals surface area (Å²) in [6, 6.07) is 13.9. The third-order valence-corrected chi connectivity index (χ3v) is 3.64. The highest BCUT2D eigenvalue weighted by atomic mass is 32.2. The molecule has 17 heavy (non-hydrogen) atoms. The number of fused-ring (bicyclic) bond motifs is 1. The van der Waals surface area contributed by atoms with Crippen LogP contribution in [0.3, 0.4) is 0 Å². The maximum atomic E-state index is 11.7. The molecule has 2 aromatic rings. The number of hydrogen-bond acceptors (Lipinski definition) is 3. The highest BCUT2D eigenvalue weighted by Crippen LogP contribution is 2.22. The van der Waals surface area contributed by atoms with E-state index in [2.05, 4.69) is 4.72 Å². The lowest BCUT2D eigenvalue weighted by Gasteiger charge is -2.16. The zero-order chi connectivity index (χ0) is 12.3. The molecule has 0 fully saturated rings. The Kier molecular flexibility index (Phi) is 3.09. The van der Waals surface area contributed by atoms with Gasteiger partial charge >= 0.3 is 0 Å². The lowest BCUT2D eigenvalue weighted by Crippen LogP contribution is -2.00. The molecule has 0 unspecified atom stereocenters. The fourth-order valence-electron chi connectivity index (χ4n) is 1.52. The molecule has 0 atom stereocenters. The Labute approximate surface area is 99.5 Å². The highest BCUT2D eigenvalue weighted by molar-refractivity contribution is 7.94. The van der Waals surface area contributed by atoms with Gasteiger partial charge in [-0.15, -0.1) is 0 Å². The maximum Gasteiger partial charge on any atom is 0.102 e. The monoisotopic (exact) mass is 245 g/mol. The van der Waals surface area contributed by atoms with Gasteiger partial charge in [-0.25, -0.2) is 13.7 Å². The van der Waals surface area contributed by atoms with E-state index in [4.69, 9.17) is 5.26 Å². The Bertz CT molecular complexity index is 687. The summed E-state index contributed by atoms with van der Waals surface area (Å²) in [5, 5.41) is 10.1. The van der Waals surface area contributed by atoms with Gasteiger partial charge in [0.05, 0.1) is 0 Å². The van der Waals surface area contributed by atoms with Crippen molar-refractivity contribution in [1.82, 2.24) is 0 Å². The molecule has 5 heteroatoms. The predicted octanol–water partition coefficient (Wildman–Crippen LogP) is 2.43. The molecule has 0 aliphatic rings. The van der Waals surface area contributed by atoms with E-state index in [0.29, 0.717) is 0 Å². The number of nitriles is 1. The molecule has 0 saturated heterocycles. The second-order valence-corrected chi connectivity index (χ2v) is 5.11. The Morgan fingerprint density at radius 3 is 2.53 bits per heavy atom. The molecular weight excluding hydrogens is 236 g/mol. The van der Waals surface area contributed by atoms with Crippen LogP contribution < -0.4 is 0 Å². The van der Waals surface area contributed by atoms with Crippen LogP contribution in [0.15, 0.2) is 47.4 Å². The molecule has 0 spiro atoms. The predicted molar refractivity (Wildman–Crippen MR) is 65.0 cm³/mol. The molecule has 0 aromatic heterocycles. The van der Waals surface area contributed by atoms with Crippen LogP contribution in [-0.2, 0) is 10.0 Å². The largest absolute Gasteiger partial charge is 0.533 e. The topological polar surface area (TPSA) is 72.0 Å². The van der Waals surface area contributed by atoms with E-state index < -0.39 is 10.0 Å². The van der Waals surface area contributed by atoms with E-state index in [9.17, 15) is 8.42 Å². The third-order valence-electron chi connectivity index (χ3n) is 2.32. The summed E-state index contributed by atoms with van der Waals surface area (Å²) in [6.45, 7) is -0.352. The molecule has 0 N–H and O–H groups in total. The Balaban J connectivity index is 2.47. The molecule has 2 aromatic carbocycles. The van der Waals surface area contributed by atoms with E-state index in [0.717, 1.165) is 10.8 Å². The summed E-state index contributed by atoms with van der Waals surface area (Å²) in [7, 11) is -3.71. The molecule has 0 radical (unpaired) electrons. The fraction of sp³-hybridized carbons (Fsp3) is 0.0833. The van der Waals surface area contributed by atoms with Gasteiger partial charge in [-0.3, -0.25) is 0 Å². The van der Waals surface area contributed by atoms with E-state index in [1.54, 1.807) is 18.2 Å². The van der Waals surface area contributed by atoms with Crippen molar-refractivity contribution in [3.05, 3.63) is 47.2 Å². The van der Waals surface area contributed by atoms with E-state index in [-0.39, 0.29) is 11.4 Å². The second kappa shape index (κ2) is 4.53. The first-order valence-corrected chi connectivity index (χ1v) is 6.37. The minimum atomic E-state index is -3.71. The van der Waals surface area contributed by atoms with Crippen LogP contribution in [0.1, 0.15) is 0 Å². The number of sulfonamides is 1. The first-order valence-electron chi connectivity index (χ1n) is 4.93. The Morgan fingerprint density at radius 2 is 1.82 bits per heavy atom. The van der Waals surface area contributed by atoms with Crippen molar-refractivity contribution in [2.75, 3.05) is 6.54 Å². The molecule has 0 bridgehead atoms. The van der Waals surface area contributed by atoms with Crippen molar-refractivity contribution < 1.29 is 8.42 Å². The summed E-state index contributed by atoms with van der Waals surface area (Å²) >= 11 is 0. The van der Waals surface area contributed by atoms with Crippen LogP contribution in [0.2, 0.25) is 0 Å². The Hall–Kier alpha value is -1.90. The summed E-state index contributed by atoms with van der Waals surface area (Å²) in [4.78, 5) is 0.117. The molecular formula is C12H9N2O2S-. The number of nitrogens with zero attached hydrogens (tertiary/aromatic N) is 2. The highest BCUT2D eigenvalue weighted by Gasteiger charge is 2.04. The van der Waals surface area contributed by atoms with E-state index >= 15 is 0 Å². The average Bonchev–Trinajstić information content (AvgIpc) is 2.36. The summed E-state index contributed by atoms with van der Waals surface area (Å²) in [5.74, 6) is 0. The van der Waals surface area contributed by atoms with Crippen molar-refractivity contribution >= 4 is 20.8 Å². The summed E-state index contributed by atoms with van der Waals surface area (Å²) in [6.07, 6.45) is 0. The van der Waals surface area contributed by atoms with E-state index in [1.165, 1.54) is 6.07 Å². The fourth-order valence-corrected chi connectivity index (χ4v) is 2.41. The van der Waals surface area contributed by atoms with Gasteiger partial charge in [0.1, 0.15) is 10.0 Å². The standard InChI is InChI=1S/C12H9N2O2S/c13-7-8-14-17(15,16)12-6-5-10-3-1-2-4-11(10)9-12/h1-6,9H,8H2/q-1. The number of hydrogen-bond donors (Lipinski definition) is 0. The van der Waals surface area contributed by atoms with Crippen LogP contribution in [-0.4, -0.2) is 15.0 Å². The summed E-state index contributed by atoms with van der Waals surface area (Å²) in [5.41, 5.74) is 0. The van der Waals surface area contributed by atoms with Gasteiger partial charge in [0.25, 0.3) is 0 Å². The lowest BCUT2D eigenvalue weighted by molar-refractivity contribution is 0.602. The van der Waals surface area contributed by atoms with Crippen LogP contribution in [0.5, 0.6) is 0 Å². The number of rotatable bonds is 3. The molecule has 0 aliphatic carbocycles. The summed E-state index contributed by atoms with van der Waals surface area (Å²) < 4.78 is 26.8. The van der Waals surface area contributed by atoms with Gasteiger partial charge < -0.3 is 4.72 Å². The minimum absolute atomic E-state index is 0.117. The zero-order valence-electron chi connectivity index (χ0n) is 8.87. The maximum absolute atomic E-state index is 11.7. The molecule has 86 valence electrons. The normalized spacial score (nSPS) is 11.2. The number of benzene rings is 2. The van der Waals surface area contributed by atoms with Crippen molar-refractivity contribution in [3.63, 3.8) is 0 Å².